The van der Waals surface area contributed by atoms with Crippen LogP contribution in [0.2, 0.25) is 0 Å². The molecule has 0 spiro atoms. The highest BCUT2D eigenvalue weighted by Crippen LogP contribution is 1.84. The number of sulfone groups is 1. The van der Waals surface area contributed by atoms with E-state index in [-0.39, 0.29) is 5.75 Å². The van der Waals surface area contributed by atoms with Gasteiger partial charge < -0.3 is 0 Å². The van der Waals surface area contributed by atoms with Gasteiger partial charge in [0.15, 0.2) is 9.84 Å². The van der Waals surface area contributed by atoms with Crippen molar-refractivity contribution < 1.29 is 8.42 Å². The Balaban J connectivity index is 4.07. The molecular formula is C5H11NO2S. The minimum absolute atomic E-state index is 0.0729. The molecule has 0 saturated heterocycles. The maximum atomic E-state index is 10.5. The lowest BCUT2D eigenvalue weighted by molar-refractivity contribution is 0.605. The SMILES string of the molecule is CN=C(C)CS(C)(=O)=O. The molecule has 0 radical (unpaired) electrons. The molecule has 54 valence electrons. The zero-order chi connectivity index (χ0) is 7.49. The van der Waals surface area contributed by atoms with Gasteiger partial charge in [0, 0.05) is 19.0 Å². The quantitative estimate of drug-likeness (QED) is 0.523. The van der Waals surface area contributed by atoms with Crippen molar-refractivity contribution in [2.45, 2.75) is 6.92 Å². The molecule has 0 aromatic carbocycles. The summed E-state index contributed by atoms with van der Waals surface area (Å²) in [7, 11) is -1.28. The second kappa shape index (κ2) is 2.96. The van der Waals surface area contributed by atoms with Gasteiger partial charge in [0.05, 0.1) is 5.75 Å². The summed E-state index contributed by atoms with van der Waals surface area (Å²) >= 11 is 0. The van der Waals surface area contributed by atoms with Gasteiger partial charge in [-0.15, -0.1) is 0 Å². The number of rotatable bonds is 2. The monoisotopic (exact) mass is 149 g/mol. The average Bonchev–Trinajstić information content (AvgIpc) is 1.62. The summed E-state index contributed by atoms with van der Waals surface area (Å²) in [4.78, 5) is 3.71. The zero-order valence-corrected chi connectivity index (χ0v) is 6.70. The van der Waals surface area contributed by atoms with Crippen molar-refractivity contribution in [3.05, 3.63) is 0 Å². The predicted octanol–water partition coefficient (Wildman–Crippen LogP) is 0.122. The highest BCUT2D eigenvalue weighted by Gasteiger charge is 2.02. The summed E-state index contributed by atoms with van der Waals surface area (Å²) in [5.41, 5.74) is 0.650. The Morgan fingerprint density at radius 2 is 2.00 bits per heavy atom. The predicted molar refractivity (Wildman–Crippen MR) is 38.7 cm³/mol. The van der Waals surface area contributed by atoms with Crippen molar-refractivity contribution >= 4 is 15.5 Å². The molecule has 0 fully saturated rings. The van der Waals surface area contributed by atoms with Gasteiger partial charge in [-0.3, -0.25) is 4.99 Å². The molecule has 0 aliphatic carbocycles. The van der Waals surface area contributed by atoms with E-state index in [0.717, 1.165) is 0 Å². The van der Waals surface area contributed by atoms with Crippen LogP contribution in [0.3, 0.4) is 0 Å². The van der Waals surface area contributed by atoms with Crippen LogP contribution in [-0.2, 0) is 9.84 Å². The van der Waals surface area contributed by atoms with Crippen LogP contribution in [0.25, 0.3) is 0 Å². The molecule has 0 aliphatic heterocycles. The Bertz CT molecular complexity index is 203. The van der Waals surface area contributed by atoms with Crippen molar-refractivity contribution in [1.29, 1.82) is 0 Å². The molecule has 4 heteroatoms. The zero-order valence-electron chi connectivity index (χ0n) is 5.88. The second-order valence-electron chi connectivity index (χ2n) is 2.03. The first-order chi connectivity index (χ1) is 3.95. The highest BCUT2D eigenvalue weighted by atomic mass is 32.2. The average molecular weight is 149 g/mol. The molecule has 0 heterocycles. The molecule has 0 atom stereocenters. The van der Waals surface area contributed by atoms with E-state index in [2.05, 4.69) is 4.99 Å². The number of aliphatic imine (C=N–C) groups is 1. The van der Waals surface area contributed by atoms with Gasteiger partial charge in [0.25, 0.3) is 0 Å². The van der Waals surface area contributed by atoms with E-state index >= 15 is 0 Å². The molecule has 9 heavy (non-hydrogen) atoms. The molecule has 0 bridgehead atoms. The van der Waals surface area contributed by atoms with E-state index in [0.29, 0.717) is 5.71 Å². The molecule has 0 aromatic rings. The molecule has 0 unspecified atom stereocenters. The van der Waals surface area contributed by atoms with Gasteiger partial charge >= 0.3 is 0 Å². The Kier molecular flexibility index (Phi) is 2.84. The number of hydrogen-bond donors (Lipinski definition) is 0. The second-order valence-corrected chi connectivity index (χ2v) is 4.17. The minimum atomic E-state index is -2.87. The van der Waals surface area contributed by atoms with E-state index in [4.69, 9.17) is 0 Å². The van der Waals surface area contributed by atoms with Crippen molar-refractivity contribution in [3.63, 3.8) is 0 Å². The lowest BCUT2D eigenvalue weighted by Crippen LogP contribution is -2.10. The van der Waals surface area contributed by atoms with E-state index in [1.807, 2.05) is 0 Å². The van der Waals surface area contributed by atoms with E-state index in [1.165, 1.54) is 6.26 Å². The summed E-state index contributed by atoms with van der Waals surface area (Å²) in [6, 6.07) is 0. The fourth-order valence-corrected chi connectivity index (χ4v) is 1.33. The first-order valence-corrected chi connectivity index (χ1v) is 4.62. The van der Waals surface area contributed by atoms with Crippen LogP contribution in [-0.4, -0.2) is 33.2 Å². The van der Waals surface area contributed by atoms with E-state index in [9.17, 15) is 8.42 Å². The van der Waals surface area contributed by atoms with Crippen molar-refractivity contribution in [3.8, 4) is 0 Å². The van der Waals surface area contributed by atoms with Crippen LogP contribution in [0.4, 0.5) is 0 Å². The van der Waals surface area contributed by atoms with E-state index in [1.54, 1.807) is 14.0 Å². The van der Waals surface area contributed by atoms with Crippen LogP contribution in [0.5, 0.6) is 0 Å². The Hall–Kier alpha value is -0.380. The fourth-order valence-electron chi connectivity index (χ4n) is 0.444. The third-order valence-corrected chi connectivity index (χ3v) is 1.79. The molecule has 3 nitrogen and oxygen atoms in total. The highest BCUT2D eigenvalue weighted by molar-refractivity contribution is 7.91. The van der Waals surface area contributed by atoms with Crippen LogP contribution in [0.15, 0.2) is 4.99 Å². The van der Waals surface area contributed by atoms with Gasteiger partial charge in [0.1, 0.15) is 0 Å². The Morgan fingerprint density at radius 3 is 2.11 bits per heavy atom. The van der Waals surface area contributed by atoms with Crippen LogP contribution in [0, 0.1) is 0 Å². The normalized spacial score (nSPS) is 13.9. The summed E-state index contributed by atoms with van der Waals surface area (Å²) in [5.74, 6) is 0.0729. The first kappa shape index (κ1) is 8.62. The van der Waals surface area contributed by atoms with Crippen LogP contribution in [0.1, 0.15) is 6.92 Å². The fraction of sp³-hybridized carbons (Fsp3) is 0.800. The molecule has 0 amide bonds. The molecule has 0 rings (SSSR count). The lowest BCUT2D eigenvalue weighted by Gasteiger charge is -1.93. The smallest absolute Gasteiger partial charge is 0.152 e. The summed E-state index contributed by atoms with van der Waals surface area (Å²) in [6.45, 7) is 1.70. The Morgan fingerprint density at radius 1 is 1.56 bits per heavy atom. The largest absolute Gasteiger partial charge is 0.297 e. The third-order valence-electron chi connectivity index (χ3n) is 0.853. The van der Waals surface area contributed by atoms with Crippen LogP contribution < -0.4 is 0 Å². The molecule has 0 aromatic heterocycles. The lowest BCUT2D eigenvalue weighted by atomic mass is 10.5. The third kappa shape index (κ3) is 5.49. The van der Waals surface area contributed by atoms with E-state index < -0.39 is 9.84 Å². The molecular weight excluding hydrogens is 138 g/mol. The van der Waals surface area contributed by atoms with Crippen LogP contribution >= 0.6 is 0 Å². The van der Waals surface area contributed by atoms with Gasteiger partial charge in [-0.1, -0.05) is 0 Å². The van der Waals surface area contributed by atoms with Gasteiger partial charge in [0.2, 0.25) is 0 Å². The number of nitrogens with zero attached hydrogens (tertiary/aromatic N) is 1. The number of hydrogen-bond acceptors (Lipinski definition) is 3. The summed E-state index contributed by atoms with van der Waals surface area (Å²) in [5, 5.41) is 0. The van der Waals surface area contributed by atoms with Gasteiger partial charge in [-0.25, -0.2) is 8.42 Å². The topological polar surface area (TPSA) is 46.5 Å². The van der Waals surface area contributed by atoms with Gasteiger partial charge in [-0.05, 0) is 6.92 Å². The maximum Gasteiger partial charge on any atom is 0.152 e. The standard InChI is InChI=1S/C5H11NO2S/c1-5(6-2)4-9(3,7)8/h4H2,1-3H3. The molecule has 0 aliphatic rings. The molecule has 0 N–H and O–H groups in total. The van der Waals surface area contributed by atoms with Crippen molar-refractivity contribution in [2.75, 3.05) is 19.1 Å². The first-order valence-electron chi connectivity index (χ1n) is 2.55. The Labute approximate surface area is 55.7 Å². The summed E-state index contributed by atoms with van der Waals surface area (Å²) in [6.07, 6.45) is 1.20. The molecule has 0 saturated carbocycles. The minimum Gasteiger partial charge on any atom is -0.297 e. The maximum absolute atomic E-state index is 10.5. The van der Waals surface area contributed by atoms with Crippen molar-refractivity contribution in [1.82, 2.24) is 0 Å². The van der Waals surface area contributed by atoms with Gasteiger partial charge in [-0.2, -0.15) is 0 Å². The summed E-state index contributed by atoms with van der Waals surface area (Å²) < 4.78 is 21.0. The van der Waals surface area contributed by atoms with Crippen molar-refractivity contribution in [2.24, 2.45) is 4.99 Å².